The molecule has 3 rings (SSSR count). The summed E-state index contributed by atoms with van der Waals surface area (Å²) in [6.45, 7) is 1.88. The third-order valence-electron chi connectivity index (χ3n) is 3.64. The molecule has 10 heteroatoms. The summed E-state index contributed by atoms with van der Waals surface area (Å²) in [4.78, 5) is 37.9. The summed E-state index contributed by atoms with van der Waals surface area (Å²) in [7, 11) is 0. The Morgan fingerprint density at radius 2 is 2.07 bits per heavy atom. The van der Waals surface area contributed by atoms with Gasteiger partial charge in [0.1, 0.15) is 0 Å². The van der Waals surface area contributed by atoms with Gasteiger partial charge in [-0.05, 0) is 25.1 Å². The molecule has 0 saturated carbocycles. The molecule has 0 aliphatic rings. The van der Waals surface area contributed by atoms with Crippen LogP contribution in [0.3, 0.4) is 0 Å². The zero-order valence-electron chi connectivity index (χ0n) is 14.0. The molecule has 0 spiro atoms. The van der Waals surface area contributed by atoms with Crippen LogP contribution in [0.15, 0.2) is 55.6 Å². The Kier molecular flexibility index (Phi) is 5.17. The van der Waals surface area contributed by atoms with Crippen LogP contribution in [-0.4, -0.2) is 27.4 Å². The molecule has 1 N–H and O–H groups in total. The number of aromatic nitrogens is 2. The zero-order valence-corrected chi connectivity index (χ0v) is 15.6. The van der Waals surface area contributed by atoms with E-state index in [9.17, 15) is 19.7 Å². The Labute approximate surface area is 160 Å². The highest BCUT2D eigenvalue weighted by Gasteiger charge is 2.20. The molecule has 2 aromatic carbocycles. The summed E-state index contributed by atoms with van der Waals surface area (Å²) in [5.41, 5.74) is -0.942. The predicted molar refractivity (Wildman–Crippen MR) is 104 cm³/mol. The third kappa shape index (κ3) is 3.65. The van der Waals surface area contributed by atoms with Gasteiger partial charge in [-0.15, -0.1) is 4.68 Å². The number of fused-ring (bicyclic) bond motifs is 1. The van der Waals surface area contributed by atoms with Crippen molar-refractivity contribution >= 4 is 38.7 Å². The maximum absolute atomic E-state index is 12.5. The fourth-order valence-corrected chi connectivity index (χ4v) is 2.97. The van der Waals surface area contributed by atoms with E-state index >= 15 is 0 Å². The fourth-order valence-electron chi connectivity index (χ4n) is 2.51. The minimum atomic E-state index is -0.725. The van der Waals surface area contributed by atoms with Crippen molar-refractivity contribution in [2.45, 2.75) is 6.92 Å². The first kappa shape index (κ1) is 18.5. The van der Waals surface area contributed by atoms with Gasteiger partial charge in [0.05, 0.1) is 28.6 Å². The minimum absolute atomic E-state index is 0.000262. The van der Waals surface area contributed by atoms with E-state index in [1.54, 1.807) is 37.3 Å². The standard InChI is InChI=1S/C17H13BrN4O5/c1-2-27-15-10(7-11(18)8-14(15)22(25)26)9-19-21-16(23)12-5-3-4-6-13(12)20-17(21)24/h3-9H,2H2,1H3,(H,20,24). The van der Waals surface area contributed by atoms with Crippen molar-refractivity contribution in [3.8, 4) is 5.75 Å². The van der Waals surface area contributed by atoms with E-state index in [-0.39, 0.29) is 23.6 Å². The number of benzene rings is 2. The van der Waals surface area contributed by atoms with Gasteiger partial charge in [-0.1, -0.05) is 28.1 Å². The molecular weight excluding hydrogens is 420 g/mol. The normalized spacial score (nSPS) is 11.2. The Bertz CT molecular complexity index is 1180. The van der Waals surface area contributed by atoms with Gasteiger partial charge in [0, 0.05) is 16.1 Å². The summed E-state index contributed by atoms with van der Waals surface area (Å²) in [5.74, 6) is -0.000262. The van der Waals surface area contributed by atoms with Gasteiger partial charge in [-0.2, -0.15) is 5.10 Å². The second-order valence-corrected chi connectivity index (χ2v) is 6.29. The molecule has 27 heavy (non-hydrogen) atoms. The van der Waals surface area contributed by atoms with Crippen molar-refractivity contribution in [1.29, 1.82) is 0 Å². The van der Waals surface area contributed by atoms with E-state index in [1.165, 1.54) is 12.3 Å². The van der Waals surface area contributed by atoms with Gasteiger partial charge in [0.25, 0.3) is 5.56 Å². The highest BCUT2D eigenvalue weighted by Crippen LogP contribution is 2.33. The van der Waals surface area contributed by atoms with E-state index in [2.05, 4.69) is 26.0 Å². The number of nitro benzene ring substituents is 1. The number of nitro groups is 1. The number of halogens is 1. The van der Waals surface area contributed by atoms with Crippen LogP contribution in [0.25, 0.3) is 10.9 Å². The Morgan fingerprint density at radius 3 is 2.78 bits per heavy atom. The minimum Gasteiger partial charge on any atom is -0.487 e. The molecule has 3 aromatic rings. The van der Waals surface area contributed by atoms with Crippen LogP contribution in [0.1, 0.15) is 12.5 Å². The predicted octanol–water partition coefficient (Wildman–Crippen LogP) is 2.64. The molecule has 0 bridgehead atoms. The van der Waals surface area contributed by atoms with Crippen LogP contribution in [0.4, 0.5) is 5.69 Å². The molecule has 1 heterocycles. The first-order valence-corrected chi connectivity index (χ1v) is 8.61. The van der Waals surface area contributed by atoms with Crippen LogP contribution in [-0.2, 0) is 0 Å². The SMILES string of the molecule is CCOc1c(C=Nn2c(=O)[nH]c3ccccc3c2=O)cc(Br)cc1[N+](=O)[O-]. The first-order valence-electron chi connectivity index (χ1n) is 7.81. The molecule has 9 nitrogen and oxygen atoms in total. The van der Waals surface area contributed by atoms with Crippen molar-refractivity contribution in [1.82, 2.24) is 9.66 Å². The van der Waals surface area contributed by atoms with Gasteiger partial charge in [-0.25, -0.2) is 4.79 Å². The van der Waals surface area contributed by atoms with Gasteiger partial charge in [0.15, 0.2) is 0 Å². The molecular formula is C17H13BrN4O5. The lowest BCUT2D eigenvalue weighted by atomic mass is 10.2. The highest BCUT2D eigenvalue weighted by molar-refractivity contribution is 9.10. The van der Waals surface area contributed by atoms with E-state index in [0.29, 0.717) is 20.1 Å². The summed E-state index contributed by atoms with van der Waals surface area (Å²) < 4.78 is 6.46. The summed E-state index contributed by atoms with van der Waals surface area (Å²) >= 11 is 3.20. The quantitative estimate of drug-likeness (QED) is 0.377. The molecule has 138 valence electrons. The Balaban J connectivity index is 2.17. The maximum Gasteiger partial charge on any atom is 0.349 e. The van der Waals surface area contributed by atoms with Crippen LogP contribution < -0.4 is 16.0 Å². The van der Waals surface area contributed by atoms with E-state index in [0.717, 1.165) is 0 Å². The fraction of sp³-hybridized carbons (Fsp3) is 0.118. The lowest BCUT2D eigenvalue weighted by Crippen LogP contribution is -2.32. The number of rotatable bonds is 5. The van der Waals surface area contributed by atoms with Crippen molar-refractivity contribution in [3.63, 3.8) is 0 Å². The number of aromatic amines is 1. The molecule has 0 atom stereocenters. The number of para-hydroxylation sites is 1. The largest absolute Gasteiger partial charge is 0.487 e. The van der Waals surface area contributed by atoms with Crippen molar-refractivity contribution < 1.29 is 9.66 Å². The van der Waals surface area contributed by atoms with E-state index in [4.69, 9.17) is 4.74 Å². The Hall–Kier alpha value is -3.27. The molecule has 0 aliphatic carbocycles. The molecule has 0 fully saturated rings. The molecule has 1 aromatic heterocycles. The summed E-state index contributed by atoms with van der Waals surface area (Å²) in [5, 5.41) is 15.5. The van der Waals surface area contributed by atoms with Gasteiger partial charge in [0.2, 0.25) is 5.75 Å². The van der Waals surface area contributed by atoms with E-state index in [1.807, 2.05) is 0 Å². The maximum atomic E-state index is 12.5. The number of nitrogens with one attached hydrogen (secondary N) is 1. The number of H-pyrrole nitrogens is 1. The first-order chi connectivity index (χ1) is 12.9. The number of hydrogen-bond acceptors (Lipinski definition) is 6. The third-order valence-corrected chi connectivity index (χ3v) is 4.10. The smallest absolute Gasteiger partial charge is 0.349 e. The summed E-state index contributed by atoms with van der Waals surface area (Å²) in [6, 6.07) is 9.38. The highest BCUT2D eigenvalue weighted by atomic mass is 79.9. The average molecular weight is 433 g/mol. The lowest BCUT2D eigenvalue weighted by molar-refractivity contribution is -0.385. The monoisotopic (exact) mass is 432 g/mol. The Morgan fingerprint density at radius 1 is 1.33 bits per heavy atom. The van der Waals surface area contributed by atoms with Crippen molar-refractivity contribution in [3.05, 3.63) is 77.4 Å². The summed E-state index contributed by atoms with van der Waals surface area (Å²) in [6.07, 6.45) is 1.17. The zero-order chi connectivity index (χ0) is 19.6. The molecule has 0 radical (unpaired) electrons. The number of nitrogens with zero attached hydrogens (tertiary/aromatic N) is 3. The lowest BCUT2D eigenvalue weighted by Gasteiger charge is -2.08. The topological polar surface area (TPSA) is 120 Å². The second kappa shape index (κ2) is 7.54. The number of ether oxygens (including phenoxy) is 1. The second-order valence-electron chi connectivity index (χ2n) is 5.37. The van der Waals surface area contributed by atoms with Crippen LogP contribution in [0, 0.1) is 10.1 Å². The average Bonchev–Trinajstić information content (AvgIpc) is 2.63. The molecule has 0 unspecified atom stereocenters. The van der Waals surface area contributed by atoms with E-state index < -0.39 is 16.2 Å². The van der Waals surface area contributed by atoms with Gasteiger partial charge < -0.3 is 9.72 Å². The van der Waals surface area contributed by atoms with Gasteiger partial charge in [-0.3, -0.25) is 14.9 Å². The van der Waals surface area contributed by atoms with Crippen LogP contribution >= 0.6 is 15.9 Å². The van der Waals surface area contributed by atoms with Crippen molar-refractivity contribution in [2.24, 2.45) is 5.10 Å². The van der Waals surface area contributed by atoms with Crippen LogP contribution in [0.2, 0.25) is 0 Å². The van der Waals surface area contributed by atoms with Gasteiger partial charge >= 0.3 is 11.4 Å². The molecule has 0 aliphatic heterocycles. The molecule has 0 saturated heterocycles. The molecule has 0 amide bonds. The van der Waals surface area contributed by atoms with Crippen LogP contribution in [0.5, 0.6) is 5.75 Å². The number of hydrogen-bond donors (Lipinski definition) is 1. The van der Waals surface area contributed by atoms with Crippen molar-refractivity contribution in [2.75, 3.05) is 6.61 Å².